The van der Waals surface area contributed by atoms with Gasteiger partial charge in [0.1, 0.15) is 23.1 Å². The highest BCUT2D eigenvalue weighted by Gasteiger charge is 2.51. The van der Waals surface area contributed by atoms with Gasteiger partial charge >= 0.3 is 0 Å². The third-order valence-electron chi connectivity index (χ3n) is 19.8. The zero-order chi connectivity index (χ0) is 69.3. The first-order chi connectivity index (χ1) is 45.5. The van der Waals surface area contributed by atoms with Gasteiger partial charge in [0.15, 0.2) is 0 Å². The minimum atomic E-state index is -1.71. The van der Waals surface area contributed by atoms with Crippen molar-refractivity contribution in [3.63, 3.8) is 0 Å². The van der Waals surface area contributed by atoms with Crippen LogP contribution in [0, 0.1) is 39.3 Å². The van der Waals surface area contributed by atoms with Crippen molar-refractivity contribution in [2.45, 2.75) is 220 Å². The van der Waals surface area contributed by atoms with Crippen LogP contribution in [0.3, 0.4) is 0 Å². The predicted molar refractivity (Wildman–Crippen MR) is 415 cm³/mol. The third kappa shape index (κ3) is 15.9. The van der Waals surface area contributed by atoms with Crippen LogP contribution in [0.1, 0.15) is 243 Å². The normalized spacial score (nSPS) is 19.3. The SMILES string of the molecule is CCCCN(P(c1cc(C(C)(C)C)c(OC)c(C(C)(C)C)c1)c1cc(C(C)(C)C)c(OC)c(C(C)(C)C)c1)P1[C@H](c2ccccc2)C(c2ccc(P(c3ccccc3F)N(CCCC)P3[C@H](c4cc(C)cc(C)c4)CC[C@H]3c3cc(C)cc(C)c3)c(F)c2)C[C@H]1c1ccccc1. The molecule has 2 aliphatic heterocycles. The summed E-state index contributed by atoms with van der Waals surface area (Å²) in [5, 5.41) is 3.85. The number of nitrogens with zero attached hydrogens (tertiary/aromatic N) is 2. The molecule has 4 nitrogen and oxygen atoms in total. The van der Waals surface area contributed by atoms with Crippen molar-refractivity contribution in [1.82, 2.24) is 8.88 Å². The van der Waals surface area contributed by atoms with Crippen LogP contribution in [0.15, 0.2) is 164 Å². The van der Waals surface area contributed by atoms with Crippen LogP contribution in [0.4, 0.5) is 8.78 Å². The topological polar surface area (TPSA) is 24.9 Å². The predicted octanol–water partition coefficient (Wildman–Crippen LogP) is 24.0. The summed E-state index contributed by atoms with van der Waals surface area (Å²) < 4.78 is 55.6. The van der Waals surface area contributed by atoms with Crippen LogP contribution in [0.5, 0.6) is 11.5 Å². The lowest BCUT2D eigenvalue weighted by atomic mass is 9.79. The molecule has 2 aliphatic rings. The van der Waals surface area contributed by atoms with Gasteiger partial charge in [0.05, 0.1) is 14.2 Å². The Morgan fingerprint density at radius 1 is 0.417 bits per heavy atom. The van der Waals surface area contributed by atoms with Gasteiger partial charge in [-0.2, -0.15) is 0 Å². The Morgan fingerprint density at radius 2 is 0.812 bits per heavy atom. The van der Waals surface area contributed by atoms with Gasteiger partial charge in [0.2, 0.25) is 0 Å². The zero-order valence-electron chi connectivity index (χ0n) is 61.6. The van der Waals surface area contributed by atoms with E-state index in [4.69, 9.17) is 9.47 Å². The fraction of sp³-hybridized carbons (Fsp3) is 0.442. The molecule has 10 rings (SSSR count). The van der Waals surface area contributed by atoms with Crippen LogP contribution in [0.25, 0.3) is 0 Å². The monoisotopic (exact) mass is 1360 g/mol. The van der Waals surface area contributed by atoms with Crippen molar-refractivity contribution >= 4 is 53.5 Å². The smallest absolute Gasteiger partial charge is 0.132 e. The number of ether oxygens (including phenoxy) is 2. The lowest BCUT2D eigenvalue weighted by Gasteiger charge is -2.44. The summed E-state index contributed by atoms with van der Waals surface area (Å²) in [6.45, 7) is 43.0. The van der Waals surface area contributed by atoms with Gasteiger partial charge in [-0.05, 0) is 190 Å². The molecule has 8 aromatic carbocycles. The second-order valence-corrected chi connectivity index (χ2v) is 41.4. The molecule has 2 saturated heterocycles. The first-order valence-corrected chi connectivity index (χ1v) is 40.9. The molecule has 0 N–H and O–H groups in total. The second kappa shape index (κ2) is 30.4. The molecule has 0 aliphatic carbocycles. The molecule has 0 aromatic heterocycles. The zero-order valence-corrected chi connectivity index (χ0v) is 65.2. The van der Waals surface area contributed by atoms with Crippen molar-refractivity contribution in [2.24, 2.45) is 0 Å². The molecule has 7 atom stereocenters. The lowest BCUT2D eigenvalue weighted by molar-refractivity contribution is 0.381. The van der Waals surface area contributed by atoms with Crippen molar-refractivity contribution in [3.05, 3.63) is 248 Å². The Hall–Kier alpha value is -5.14. The molecule has 96 heavy (non-hydrogen) atoms. The maximum atomic E-state index is 19.2. The van der Waals surface area contributed by atoms with Gasteiger partial charge in [-0.15, -0.1) is 0 Å². The van der Waals surface area contributed by atoms with E-state index in [0.29, 0.717) is 10.6 Å². The number of benzene rings is 8. The molecule has 8 aromatic rings. The highest BCUT2D eigenvalue weighted by molar-refractivity contribution is 7.80. The van der Waals surface area contributed by atoms with Crippen LogP contribution in [0.2, 0.25) is 0 Å². The molecule has 0 spiro atoms. The average Bonchev–Trinajstić information content (AvgIpc) is 1.39. The van der Waals surface area contributed by atoms with Crippen LogP contribution in [-0.2, 0) is 21.7 Å². The second-order valence-electron chi connectivity index (χ2n) is 31.7. The lowest BCUT2D eigenvalue weighted by Crippen LogP contribution is -2.32. The van der Waals surface area contributed by atoms with Crippen molar-refractivity contribution in [2.75, 3.05) is 27.3 Å². The first kappa shape index (κ1) is 73.6. The number of methoxy groups -OCH3 is 2. The van der Waals surface area contributed by atoms with Crippen molar-refractivity contribution in [1.29, 1.82) is 0 Å². The Labute approximate surface area is 583 Å². The Bertz CT molecular complexity index is 3720. The molecule has 2 fully saturated rings. The Kier molecular flexibility index (Phi) is 23.3. The standard InChI is InChI=1S/C86H110F2N2O2P4/c1-21-23-43-89(93(66-52-69(83(7,8)9)80(91-19)70(53-66)84(10,11)12)67-54-71(85(13,14)15)81(92-20)72(55-67)86(16,17)18)96-79(61-33-27-25-28-34-61)56-68(82(96)62-35-29-26-30-36-62)63-39-40-78(74(88)51-63)95(77-38-32-31-37-73(77)87)90(44-24-22-2)94-75(64-47-57(3)45-58(4)48-64)41-42-76(94)65-49-59(5)46-60(6)50-65/h25-40,45-55,68,75-76,79,82H,21-24,41-44,56H2,1-20H3/t68?,75-,76-,79-,82+,95?,96?/m0/s1. The number of hydrogen-bond acceptors (Lipinski definition) is 4. The van der Waals surface area contributed by atoms with E-state index in [1.807, 2.05) is 32.4 Å². The van der Waals surface area contributed by atoms with E-state index >= 15 is 8.78 Å². The van der Waals surface area contributed by atoms with Crippen molar-refractivity contribution in [3.8, 4) is 11.5 Å². The summed E-state index contributed by atoms with van der Waals surface area (Å²) in [7, 11) is -1.53. The molecule has 10 heteroatoms. The Morgan fingerprint density at radius 3 is 1.21 bits per heavy atom. The fourth-order valence-electron chi connectivity index (χ4n) is 15.4. The van der Waals surface area contributed by atoms with Crippen LogP contribution >= 0.6 is 32.3 Å². The summed E-state index contributed by atoms with van der Waals surface area (Å²) in [4.78, 5) is 0. The quantitative estimate of drug-likeness (QED) is 0.0670. The molecule has 2 heterocycles. The highest BCUT2D eigenvalue weighted by Crippen LogP contribution is 2.80. The fourth-order valence-corrected chi connectivity index (χ4v) is 30.5. The van der Waals surface area contributed by atoms with Gasteiger partial charge in [-0.25, -0.2) is 8.78 Å². The number of rotatable bonds is 21. The van der Waals surface area contributed by atoms with Crippen LogP contribution in [-0.4, -0.2) is 36.2 Å². The molecular formula is C86H110F2N2O2P4. The molecular weight excluding hydrogens is 1250 g/mol. The number of unbranched alkanes of at least 4 members (excludes halogenated alkanes) is 2. The van der Waals surface area contributed by atoms with E-state index in [1.54, 1.807) is 12.1 Å². The molecule has 3 unspecified atom stereocenters. The number of hydrogen-bond donors (Lipinski definition) is 0. The van der Waals surface area contributed by atoms with E-state index in [2.05, 4.69) is 267 Å². The highest BCUT2D eigenvalue weighted by atomic mass is 31.2. The van der Waals surface area contributed by atoms with E-state index in [-0.39, 0.29) is 61.8 Å². The van der Waals surface area contributed by atoms with Gasteiger partial charge in [0, 0.05) is 84.7 Å². The summed E-state index contributed by atoms with van der Waals surface area (Å²) in [6, 6.07) is 60.6. The third-order valence-corrected chi connectivity index (χ3v) is 32.8. The number of halogens is 2. The van der Waals surface area contributed by atoms with Gasteiger partial charge in [0.25, 0.3) is 0 Å². The van der Waals surface area contributed by atoms with Crippen LogP contribution < -0.4 is 30.7 Å². The molecule has 0 radical (unpaired) electrons. The summed E-state index contributed by atoms with van der Waals surface area (Å²) in [5.41, 5.74) is 15.8. The molecule has 510 valence electrons. The number of aryl methyl sites for hydroxylation is 4. The molecule has 0 saturated carbocycles. The van der Waals surface area contributed by atoms with E-state index in [1.165, 1.54) is 77.4 Å². The minimum Gasteiger partial charge on any atom is -0.496 e. The van der Waals surface area contributed by atoms with E-state index < -0.39 is 32.3 Å². The van der Waals surface area contributed by atoms with E-state index in [0.717, 1.165) is 75.1 Å². The van der Waals surface area contributed by atoms with Gasteiger partial charge in [-0.1, -0.05) is 247 Å². The summed E-state index contributed by atoms with van der Waals surface area (Å²) in [6.07, 6.45) is 6.78. The maximum absolute atomic E-state index is 19.2. The average molecular weight is 1370 g/mol. The Balaban J connectivity index is 1.24. The maximum Gasteiger partial charge on any atom is 0.132 e. The summed E-state index contributed by atoms with van der Waals surface area (Å²) in [5.74, 6) is 1.36. The van der Waals surface area contributed by atoms with Gasteiger partial charge < -0.3 is 9.47 Å². The van der Waals surface area contributed by atoms with Gasteiger partial charge in [-0.3, -0.25) is 8.88 Å². The van der Waals surface area contributed by atoms with E-state index in [9.17, 15) is 0 Å². The first-order valence-electron chi connectivity index (χ1n) is 35.4. The minimum absolute atomic E-state index is 0.00322. The summed E-state index contributed by atoms with van der Waals surface area (Å²) >= 11 is 0. The molecule has 0 bridgehead atoms. The largest absolute Gasteiger partial charge is 0.496 e. The molecule has 0 amide bonds. The van der Waals surface area contributed by atoms with Crippen molar-refractivity contribution < 1.29 is 18.3 Å².